The van der Waals surface area contributed by atoms with Crippen LogP contribution in [0.1, 0.15) is 25.7 Å². The zero-order valence-corrected chi connectivity index (χ0v) is 12.0. The van der Waals surface area contributed by atoms with Gasteiger partial charge in [0.1, 0.15) is 17.6 Å². The van der Waals surface area contributed by atoms with E-state index < -0.39 is 17.6 Å². The molecule has 0 aromatic carbocycles. The second-order valence-electron chi connectivity index (χ2n) is 3.91. The second kappa shape index (κ2) is 9.32. The molecule has 0 aromatic rings. The molecule has 3 nitrogen and oxygen atoms in total. The summed E-state index contributed by atoms with van der Waals surface area (Å²) in [6.07, 6.45) is 2.85. The molecule has 0 saturated heterocycles. The molecule has 0 aliphatic carbocycles. The van der Waals surface area contributed by atoms with Crippen LogP contribution in [0.15, 0.2) is 0 Å². The van der Waals surface area contributed by atoms with E-state index in [1.807, 2.05) is 0 Å². The van der Waals surface area contributed by atoms with Crippen LogP contribution in [-0.2, 0) is 0 Å². The topological polar surface area (TPSA) is 64.7 Å². The first-order valence-corrected chi connectivity index (χ1v) is 9.98. The van der Waals surface area contributed by atoms with Gasteiger partial charge < -0.3 is 4.79 Å². The number of unbranched alkanes of at least 4 members (excludes halogenated alkanes) is 2. The van der Waals surface area contributed by atoms with E-state index in [-0.39, 0.29) is 0 Å². The van der Waals surface area contributed by atoms with Crippen LogP contribution in [0.5, 0.6) is 0 Å². The van der Waals surface area contributed by atoms with Crippen molar-refractivity contribution in [2.45, 2.75) is 50.9 Å². The summed E-state index contributed by atoms with van der Waals surface area (Å²) in [7, 11) is -1.81. The van der Waals surface area contributed by atoms with E-state index in [0.717, 1.165) is 24.9 Å². The maximum absolute atomic E-state index is 12.0. The van der Waals surface area contributed by atoms with Crippen molar-refractivity contribution in [2.24, 2.45) is 0 Å². The van der Waals surface area contributed by atoms with E-state index in [2.05, 4.69) is 25.2 Å². The first-order valence-electron chi connectivity index (χ1n) is 5.57. The van der Waals surface area contributed by atoms with Gasteiger partial charge in [-0.25, -0.2) is 0 Å². The molecule has 16 heavy (non-hydrogen) atoms. The maximum atomic E-state index is 12.0. The third kappa shape index (κ3) is 6.55. The number of hydrogen-bond acceptors (Lipinski definition) is 3. The van der Waals surface area contributed by atoms with Gasteiger partial charge in [-0.1, -0.05) is 25.2 Å². The van der Waals surface area contributed by atoms with Crippen LogP contribution in [0, 0.1) is 22.7 Å². The monoisotopic (exact) mass is 250 g/mol. The average Bonchev–Trinajstić information content (AvgIpc) is 2.28. The minimum absolute atomic E-state index is 0.478. The smallest absolute Gasteiger partial charge is 0.124 e. The van der Waals surface area contributed by atoms with E-state index in [9.17, 15) is 4.79 Å². The molecule has 0 N–H and O–H groups in total. The van der Waals surface area contributed by atoms with Gasteiger partial charge in [-0.15, -0.1) is 0 Å². The van der Waals surface area contributed by atoms with Crippen LogP contribution in [-0.4, -0.2) is 22.6 Å². The van der Waals surface area contributed by atoms with Gasteiger partial charge in [0.15, 0.2) is 0 Å². The average molecular weight is 250 g/mol. The lowest BCUT2D eigenvalue weighted by atomic mass is 10.4. The summed E-state index contributed by atoms with van der Waals surface area (Å²) < 4.78 is 0. The molecular weight excluding hydrogens is 232 g/mol. The zero-order valence-electron chi connectivity index (χ0n) is 10.0. The molecule has 86 valence electrons. The molecule has 0 aliphatic rings. The maximum Gasteiger partial charge on any atom is 0.124 e. The number of nitrogens with zero attached hydrogens (tertiary/aromatic N) is 2. The molecule has 0 spiro atoms. The summed E-state index contributed by atoms with van der Waals surface area (Å²) in [6, 6.07) is 6.08. The van der Waals surface area contributed by atoms with Gasteiger partial charge >= 0.3 is 0 Å². The Kier molecular flexibility index (Phi) is 8.79. The number of hydrogen-bond donors (Lipinski definition) is 0. The van der Waals surface area contributed by atoms with Crippen molar-refractivity contribution in [2.75, 3.05) is 0 Å². The summed E-state index contributed by atoms with van der Waals surface area (Å²) >= 11 is 0. The Balaban J connectivity index is 3.84. The highest BCUT2D eigenvalue weighted by Gasteiger charge is 2.22. The third-order valence-corrected chi connectivity index (χ3v) is 8.77. The van der Waals surface area contributed by atoms with Gasteiger partial charge in [0.2, 0.25) is 0 Å². The summed E-state index contributed by atoms with van der Waals surface area (Å²) in [5.74, 6) is 0. The van der Waals surface area contributed by atoms with Crippen LogP contribution in [0.4, 0.5) is 4.79 Å². The molecule has 0 aromatic heterocycles. The Bertz CT molecular complexity index is 265. The van der Waals surface area contributed by atoms with Gasteiger partial charge in [0.05, 0.1) is 17.2 Å². The molecule has 0 unspecified atom stereocenters. The Morgan fingerprint density at radius 2 is 1.38 bits per heavy atom. The fourth-order valence-electron chi connectivity index (χ4n) is 1.46. The Morgan fingerprint density at radius 3 is 1.69 bits per heavy atom. The van der Waals surface area contributed by atoms with Gasteiger partial charge in [-0.2, -0.15) is 10.5 Å². The summed E-state index contributed by atoms with van der Waals surface area (Å²) in [4.78, 5) is 12.0. The predicted octanol–water partition coefficient (Wildman–Crippen LogP) is 3.13. The molecule has 0 rings (SSSR count). The number of rotatable bonds is 8. The van der Waals surface area contributed by atoms with Gasteiger partial charge in [0, 0.05) is 12.8 Å². The molecule has 0 heterocycles. The molecule has 2 radical (unpaired) electrons. The lowest BCUT2D eigenvalue weighted by molar-refractivity contribution is 0.273. The highest BCUT2D eigenvalue weighted by atomic mass is 28.3. The second-order valence-corrected chi connectivity index (χ2v) is 9.44. The quantitative estimate of drug-likeness (QED) is 0.491. The van der Waals surface area contributed by atoms with E-state index in [4.69, 9.17) is 10.5 Å². The normalized spacial score (nSPS) is 10.1. The highest BCUT2D eigenvalue weighted by molar-refractivity contribution is 7.17. The lowest BCUT2D eigenvalue weighted by Gasteiger charge is -2.12. The first kappa shape index (κ1) is 15.1. The van der Waals surface area contributed by atoms with E-state index >= 15 is 0 Å². The lowest BCUT2D eigenvalue weighted by Crippen LogP contribution is -2.33. The van der Waals surface area contributed by atoms with Gasteiger partial charge in [-0.05, 0) is 12.8 Å². The van der Waals surface area contributed by atoms with Crippen molar-refractivity contribution in [3.05, 3.63) is 0 Å². The van der Waals surface area contributed by atoms with Gasteiger partial charge in [-0.3, -0.25) is 0 Å². The molecular formula is C11H18N2OSi2. The molecule has 0 amide bonds. The minimum Gasteiger partial charge on any atom is -0.311 e. The van der Waals surface area contributed by atoms with Crippen LogP contribution in [0.3, 0.4) is 0 Å². The van der Waals surface area contributed by atoms with Crippen LogP contribution >= 0.6 is 0 Å². The van der Waals surface area contributed by atoms with Crippen LogP contribution in [0.25, 0.3) is 0 Å². The molecule has 0 saturated carbocycles. The highest BCUT2D eigenvalue weighted by Crippen LogP contribution is 2.09. The van der Waals surface area contributed by atoms with E-state index in [0.29, 0.717) is 17.9 Å². The summed E-state index contributed by atoms with van der Waals surface area (Å²) in [5.41, 5.74) is 0. The van der Waals surface area contributed by atoms with E-state index in [1.54, 1.807) is 0 Å². The molecule has 0 bridgehead atoms. The summed E-state index contributed by atoms with van der Waals surface area (Å²) in [5, 5.41) is 17.3. The fraction of sp³-hybridized carbons (Fsp3) is 0.727. The molecule has 0 fully saturated rings. The van der Waals surface area contributed by atoms with E-state index in [1.165, 1.54) is 0 Å². The van der Waals surface area contributed by atoms with Crippen LogP contribution in [0.2, 0.25) is 25.2 Å². The van der Waals surface area contributed by atoms with Crippen molar-refractivity contribution in [3.8, 4) is 12.1 Å². The van der Waals surface area contributed by atoms with Gasteiger partial charge in [0.25, 0.3) is 0 Å². The fourth-order valence-corrected chi connectivity index (χ4v) is 6.99. The van der Waals surface area contributed by atoms with Crippen molar-refractivity contribution >= 4 is 22.6 Å². The van der Waals surface area contributed by atoms with Crippen molar-refractivity contribution in [1.82, 2.24) is 0 Å². The predicted molar refractivity (Wildman–Crippen MR) is 67.9 cm³/mol. The standard InChI is InChI=1S/C11H18N2OSi2/c1-15(9-5-3-7-12)11(14)16(2)10-6-4-8-13/h3-6,9-10H2,1-2H3. The van der Waals surface area contributed by atoms with Crippen molar-refractivity contribution in [3.63, 3.8) is 0 Å². The van der Waals surface area contributed by atoms with Crippen molar-refractivity contribution in [1.29, 1.82) is 10.5 Å². The zero-order chi connectivity index (χ0) is 12.4. The largest absolute Gasteiger partial charge is 0.311 e. The number of carbonyl (C=O) groups is 1. The minimum atomic E-state index is -0.903. The molecule has 0 atom stereocenters. The molecule has 5 heteroatoms. The van der Waals surface area contributed by atoms with Crippen LogP contribution < -0.4 is 0 Å². The Hall–Kier alpha value is -0.916. The SMILES string of the molecule is C[Si](CCCC#N)C(=O)[Si](C)CCCC#N. The van der Waals surface area contributed by atoms with Crippen molar-refractivity contribution < 1.29 is 4.79 Å². The summed E-state index contributed by atoms with van der Waals surface area (Å²) in [6.45, 7) is 4.12. The Morgan fingerprint density at radius 1 is 1.00 bits per heavy atom. The Labute approximate surface area is 101 Å². The third-order valence-electron chi connectivity index (χ3n) is 2.46. The number of nitriles is 2. The first-order chi connectivity index (χ1) is 7.63. The number of carbonyl (C=O) groups excluding carboxylic acids is 1. The molecule has 0 aliphatic heterocycles.